The molecule has 1 N–H and O–H groups in total. The van der Waals surface area contributed by atoms with Gasteiger partial charge in [0.2, 0.25) is 5.91 Å². The Morgan fingerprint density at radius 3 is 2.41 bits per heavy atom. The van der Waals surface area contributed by atoms with E-state index in [2.05, 4.69) is 21.2 Å². The van der Waals surface area contributed by atoms with Crippen LogP contribution in [-0.2, 0) is 16.1 Å². The van der Waals surface area contributed by atoms with Crippen molar-refractivity contribution in [2.24, 2.45) is 0 Å². The maximum absolute atomic E-state index is 13.0. The van der Waals surface area contributed by atoms with Crippen LogP contribution in [-0.4, -0.2) is 35.9 Å². The van der Waals surface area contributed by atoms with E-state index in [1.54, 1.807) is 11.8 Å². The van der Waals surface area contributed by atoms with Crippen molar-refractivity contribution in [3.8, 4) is 5.75 Å². The molecule has 2 aromatic carbocycles. The molecule has 1 atom stereocenters. The van der Waals surface area contributed by atoms with Gasteiger partial charge in [0, 0.05) is 17.6 Å². The monoisotopic (exact) mass is 460 g/mol. The number of aryl methyl sites for hydroxylation is 2. The summed E-state index contributed by atoms with van der Waals surface area (Å²) in [6.07, 6.45) is 0.842. The van der Waals surface area contributed by atoms with Gasteiger partial charge in [0.05, 0.1) is 0 Å². The van der Waals surface area contributed by atoms with Crippen LogP contribution in [0.2, 0.25) is 0 Å². The van der Waals surface area contributed by atoms with Gasteiger partial charge in [-0.1, -0.05) is 41.1 Å². The van der Waals surface area contributed by atoms with Crippen LogP contribution in [0, 0.1) is 13.8 Å². The molecule has 0 heterocycles. The fourth-order valence-electron chi connectivity index (χ4n) is 2.80. The second-order valence-corrected chi connectivity index (χ2v) is 8.07. The van der Waals surface area contributed by atoms with Gasteiger partial charge >= 0.3 is 0 Å². The summed E-state index contributed by atoms with van der Waals surface area (Å²) in [5.41, 5.74) is 3.22. The van der Waals surface area contributed by atoms with Gasteiger partial charge in [-0.2, -0.15) is 0 Å². The molecule has 2 aromatic rings. The number of amides is 2. The molecule has 156 valence electrons. The van der Waals surface area contributed by atoms with Gasteiger partial charge < -0.3 is 15.0 Å². The Labute approximate surface area is 181 Å². The maximum atomic E-state index is 13.0. The first-order valence-corrected chi connectivity index (χ1v) is 10.6. The summed E-state index contributed by atoms with van der Waals surface area (Å²) in [7, 11) is 0. The third-order valence-electron chi connectivity index (χ3n) is 4.82. The predicted molar refractivity (Wildman–Crippen MR) is 119 cm³/mol. The van der Waals surface area contributed by atoms with E-state index >= 15 is 0 Å². The quantitative estimate of drug-likeness (QED) is 0.603. The lowest BCUT2D eigenvalue weighted by Gasteiger charge is -2.28. The van der Waals surface area contributed by atoms with E-state index in [0.717, 1.165) is 22.0 Å². The van der Waals surface area contributed by atoms with Crippen molar-refractivity contribution in [3.05, 3.63) is 63.6 Å². The lowest BCUT2D eigenvalue weighted by Crippen LogP contribution is -2.49. The largest absolute Gasteiger partial charge is 0.484 e. The first kappa shape index (κ1) is 22.9. The molecule has 0 spiro atoms. The van der Waals surface area contributed by atoms with Crippen LogP contribution >= 0.6 is 15.9 Å². The number of nitrogens with one attached hydrogen (secondary N) is 1. The topological polar surface area (TPSA) is 58.6 Å². The number of halogens is 1. The summed E-state index contributed by atoms with van der Waals surface area (Å²) < 4.78 is 6.69. The molecular weight excluding hydrogens is 432 g/mol. The second-order valence-electron chi connectivity index (χ2n) is 7.15. The average molecular weight is 461 g/mol. The van der Waals surface area contributed by atoms with Crippen molar-refractivity contribution in [2.45, 2.75) is 46.7 Å². The number of rotatable bonds is 9. The lowest BCUT2D eigenvalue weighted by atomic mass is 10.1. The summed E-state index contributed by atoms with van der Waals surface area (Å²) in [5, 5.41) is 2.87. The minimum Gasteiger partial charge on any atom is -0.484 e. The zero-order valence-electron chi connectivity index (χ0n) is 17.5. The Bertz CT molecular complexity index is 837. The Morgan fingerprint density at radius 1 is 1.10 bits per heavy atom. The highest BCUT2D eigenvalue weighted by Crippen LogP contribution is 2.18. The molecule has 0 saturated carbocycles. The third-order valence-corrected chi connectivity index (χ3v) is 5.35. The average Bonchev–Trinajstić information content (AvgIpc) is 2.71. The third kappa shape index (κ3) is 6.89. The van der Waals surface area contributed by atoms with Crippen LogP contribution < -0.4 is 10.1 Å². The van der Waals surface area contributed by atoms with Crippen molar-refractivity contribution >= 4 is 27.7 Å². The first-order valence-electron chi connectivity index (χ1n) is 9.83. The number of benzene rings is 2. The lowest BCUT2D eigenvalue weighted by molar-refractivity contribution is -0.142. The first-order chi connectivity index (χ1) is 13.8. The van der Waals surface area contributed by atoms with Gasteiger partial charge in [-0.05, 0) is 68.1 Å². The summed E-state index contributed by atoms with van der Waals surface area (Å²) in [4.78, 5) is 27.0. The molecule has 29 heavy (non-hydrogen) atoms. The number of ether oxygens (including phenoxy) is 1. The minimum atomic E-state index is -0.596. The second kappa shape index (κ2) is 11.0. The summed E-state index contributed by atoms with van der Waals surface area (Å²) in [6, 6.07) is 12.9. The van der Waals surface area contributed by atoms with E-state index in [1.165, 1.54) is 5.56 Å². The number of carbonyl (C=O) groups is 2. The fourth-order valence-corrected chi connectivity index (χ4v) is 3.06. The Kier molecular flexibility index (Phi) is 8.70. The molecule has 0 unspecified atom stereocenters. The fraction of sp³-hybridized carbons (Fsp3) is 0.391. The van der Waals surface area contributed by atoms with Gasteiger partial charge in [0.15, 0.2) is 6.61 Å². The zero-order chi connectivity index (χ0) is 21.4. The predicted octanol–water partition coefficient (Wildman–Crippen LogP) is 4.39. The number of carbonyl (C=O) groups excluding carboxylic acids is 2. The highest BCUT2D eigenvalue weighted by Gasteiger charge is 2.26. The van der Waals surface area contributed by atoms with E-state index < -0.39 is 6.04 Å². The van der Waals surface area contributed by atoms with E-state index in [-0.39, 0.29) is 18.4 Å². The summed E-state index contributed by atoms with van der Waals surface area (Å²) >= 11 is 3.42. The van der Waals surface area contributed by atoms with Gasteiger partial charge in [0.1, 0.15) is 11.8 Å². The molecule has 0 aliphatic carbocycles. The molecule has 6 heteroatoms. The van der Waals surface area contributed by atoms with Crippen LogP contribution in [0.25, 0.3) is 0 Å². The molecule has 0 bridgehead atoms. The highest BCUT2D eigenvalue weighted by molar-refractivity contribution is 9.10. The number of nitrogens with zero attached hydrogens (tertiary/aromatic N) is 1. The van der Waals surface area contributed by atoms with Gasteiger partial charge in [-0.25, -0.2) is 0 Å². The summed E-state index contributed by atoms with van der Waals surface area (Å²) in [6.45, 7) is 8.58. The smallest absolute Gasteiger partial charge is 0.261 e. The van der Waals surface area contributed by atoms with E-state index in [0.29, 0.717) is 18.8 Å². The number of hydrogen-bond acceptors (Lipinski definition) is 3. The van der Waals surface area contributed by atoms with Crippen LogP contribution in [0.5, 0.6) is 5.75 Å². The Balaban J connectivity index is 2.13. The SMILES string of the molecule is CCCNC(=O)[C@@H](C)N(Cc1ccc(Br)cc1)C(=O)COc1ccc(C)c(C)c1. The van der Waals surface area contributed by atoms with E-state index in [1.807, 2.05) is 63.2 Å². The maximum Gasteiger partial charge on any atom is 0.261 e. The van der Waals surface area contributed by atoms with Gasteiger partial charge in [-0.3, -0.25) is 9.59 Å². The van der Waals surface area contributed by atoms with Gasteiger partial charge in [-0.15, -0.1) is 0 Å². The molecule has 0 aliphatic heterocycles. The van der Waals surface area contributed by atoms with Crippen LogP contribution in [0.4, 0.5) is 0 Å². The number of hydrogen-bond donors (Lipinski definition) is 1. The molecule has 2 rings (SSSR count). The molecule has 0 radical (unpaired) electrons. The van der Waals surface area contributed by atoms with Crippen LogP contribution in [0.15, 0.2) is 46.9 Å². The Morgan fingerprint density at radius 2 is 1.79 bits per heavy atom. The summed E-state index contributed by atoms with van der Waals surface area (Å²) in [5.74, 6) is 0.252. The Hall–Kier alpha value is -2.34. The standard InChI is InChI=1S/C23H29BrN2O3/c1-5-12-25-23(28)18(4)26(14-19-7-9-20(24)10-8-19)22(27)15-29-21-11-6-16(2)17(3)13-21/h6-11,13,18H,5,12,14-15H2,1-4H3,(H,25,28)/t18-/m1/s1. The van der Waals surface area contributed by atoms with Crippen molar-refractivity contribution in [1.29, 1.82) is 0 Å². The zero-order valence-corrected chi connectivity index (χ0v) is 19.1. The highest BCUT2D eigenvalue weighted by atomic mass is 79.9. The normalized spacial score (nSPS) is 11.6. The molecule has 0 fully saturated rings. The van der Waals surface area contributed by atoms with Gasteiger partial charge in [0.25, 0.3) is 5.91 Å². The molecule has 2 amide bonds. The molecule has 0 aromatic heterocycles. The molecular formula is C23H29BrN2O3. The molecule has 5 nitrogen and oxygen atoms in total. The van der Waals surface area contributed by atoms with Crippen LogP contribution in [0.3, 0.4) is 0 Å². The molecule has 0 aliphatic rings. The van der Waals surface area contributed by atoms with E-state index in [9.17, 15) is 9.59 Å². The van der Waals surface area contributed by atoms with E-state index in [4.69, 9.17) is 4.74 Å². The van der Waals surface area contributed by atoms with Crippen molar-refractivity contribution in [1.82, 2.24) is 10.2 Å². The van der Waals surface area contributed by atoms with Crippen molar-refractivity contribution < 1.29 is 14.3 Å². The van der Waals surface area contributed by atoms with Crippen molar-refractivity contribution in [2.75, 3.05) is 13.2 Å². The minimum absolute atomic E-state index is 0.121. The van der Waals surface area contributed by atoms with Crippen LogP contribution in [0.1, 0.15) is 37.0 Å². The van der Waals surface area contributed by atoms with Crippen molar-refractivity contribution in [3.63, 3.8) is 0 Å². The molecule has 0 saturated heterocycles.